The monoisotopic (exact) mass is 644 g/mol. The van der Waals surface area contributed by atoms with Crippen LogP contribution in [-0.2, 0) is 0 Å². The van der Waals surface area contributed by atoms with Crippen molar-refractivity contribution < 1.29 is 8.63 Å². The molecule has 0 aliphatic carbocycles. The van der Waals surface area contributed by atoms with Crippen LogP contribution < -0.4 is 0 Å². The summed E-state index contributed by atoms with van der Waals surface area (Å²) in [5.41, 5.74) is 15.1. The minimum Gasteiger partial charge on any atom is -0.324 e. The minimum atomic E-state index is -2.81. The van der Waals surface area contributed by atoms with Crippen molar-refractivity contribution in [2.45, 2.75) is 48.5 Å². The normalized spacial score (nSPS) is 13.9. The highest BCUT2D eigenvalue weighted by atomic mass is 19.2. The van der Waals surface area contributed by atoms with Crippen molar-refractivity contribution in [3.05, 3.63) is 176 Å². The number of hydrogen-bond acceptors (Lipinski definition) is 1. The number of benzene rings is 5. The van der Waals surface area contributed by atoms with Gasteiger partial charge in [-0.3, -0.25) is 8.63 Å². The highest BCUT2D eigenvalue weighted by Crippen LogP contribution is 2.47. The molecule has 0 saturated heterocycles. The van der Waals surface area contributed by atoms with Crippen LogP contribution >= 0.6 is 0 Å². The summed E-state index contributed by atoms with van der Waals surface area (Å²) in [6.45, 7) is 14.3. The van der Waals surface area contributed by atoms with Crippen molar-refractivity contribution in [2.24, 2.45) is 4.99 Å². The summed E-state index contributed by atoms with van der Waals surface area (Å²) in [6, 6.07) is 34.9. The molecule has 2 nitrogen and oxygen atoms in total. The molecule has 1 aromatic heterocycles. The first-order chi connectivity index (χ1) is 23.5. The van der Waals surface area contributed by atoms with E-state index in [-0.39, 0.29) is 0 Å². The van der Waals surface area contributed by atoms with Gasteiger partial charge in [0.25, 0.3) is 0 Å². The Balaban J connectivity index is 1.68. The third-order valence-corrected chi connectivity index (χ3v) is 9.75. The average Bonchev–Trinajstić information content (AvgIpc) is 3.63. The van der Waals surface area contributed by atoms with Crippen LogP contribution in [0.4, 0.5) is 8.63 Å². The molecule has 242 valence electrons. The fourth-order valence-electron chi connectivity index (χ4n) is 7.26. The summed E-state index contributed by atoms with van der Waals surface area (Å²) in [5, 5.41) is 1.59. The van der Waals surface area contributed by atoms with Crippen LogP contribution in [0.1, 0.15) is 61.3 Å². The Hall–Kier alpha value is -5.29. The summed E-state index contributed by atoms with van der Waals surface area (Å²) in [5.74, 6) is 0. The molecule has 49 heavy (non-hydrogen) atoms. The van der Waals surface area contributed by atoms with E-state index >= 15 is 8.63 Å². The summed E-state index contributed by atoms with van der Waals surface area (Å²) < 4.78 is 33.4. The van der Waals surface area contributed by atoms with Gasteiger partial charge in [0.15, 0.2) is 0 Å². The van der Waals surface area contributed by atoms with Crippen LogP contribution in [0.5, 0.6) is 0 Å². The predicted molar refractivity (Wildman–Crippen MR) is 204 cm³/mol. The molecule has 5 aromatic carbocycles. The topological polar surface area (TPSA) is 17.3 Å². The van der Waals surface area contributed by atoms with Crippen LogP contribution in [0.25, 0.3) is 33.2 Å². The number of hydrogen-bond donors (Lipinski definition) is 0. The van der Waals surface area contributed by atoms with Crippen molar-refractivity contribution in [1.82, 2.24) is 4.48 Å². The van der Waals surface area contributed by atoms with Gasteiger partial charge in [-0.2, -0.15) is 0 Å². The van der Waals surface area contributed by atoms with Crippen LogP contribution in [0.15, 0.2) is 120 Å². The van der Waals surface area contributed by atoms with Gasteiger partial charge in [-0.25, -0.2) is 4.99 Å². The highest BCUT2D eigenvalue weighted by molar-refractivity contribution is 6.44. The Bertz CT molecular complexity index is 2320. The Kier molecular flexibility index (Phi) is 8.32. The molecule has 0 amide bonds. The average molecular weight is 645 g/mol. The number of aromatic nitrogens is 1. The second kappa shape index (κ2) is 12.6. The highest BCUT2D eigenvalue weighted by Gasteiger charge is 2.34. The summed E-state index contributed by atoms with van der Waals surface area (Å²) in [7, 11) is -2.81. The Morgan fingerprint density at radius 2 is 1.14 bits per heavy atom. The Labute approximate surface area is 288 Å². The van der Waals surface area contributed by atoms with Crippen molar-refractivity contribution in [3.8, 4) is 11.3 Å². The molecule has 0 fully saturated rings. The molecule has 0 N–H and O–H groups in total. The van der Waals surface area contributed by atoms with Gasteiger partial charge in [-0.1, -0.05) is 108 Å². The van der Waals surface area contributed by atoms with Crippen LogP contribution in [0, 0.1) is 48.5 Å². The number of rotatable bonds is 6. The van der Waals surface area contributed by atoms with E-state index < -0.39 is 7.40 Å². The zero-order valence-electron chi connectivity index (χ0n) is 29.1. The molecule has 0 radical (unpaired) electrons. The summed E-state index contributed by atoms with van der Waals surface area (Å²) in [6.07, 6.45) is 2.11. The standard InChI is InChI=1S/C44H39BF2N2/c1-26-13-17-33(18-14-26)36-25-39(34-19-15-27(2)16-20-34)48-42(36)41(35-11-9-8-10-12-35)44-38-24-30(5)29(4)23-37(38)43(49(44)45(46)47)40-31(6)21-28(3)22-32(40)7/h8-25H,1-7H3. The van der Waals surface area contributed by atoms with Crippen molar-refractivity contribution >= 4 is 35.0 Å². The molecule has 1 aliphatic rings. The number of aryl methyl sites for hydroxylation is 7. The van der Waals surface area contributed by atoms with E-state index in [0.29, 0.717) is 22.7 Å². The molecular weight excluding hydrogens is 605 g/mol. The van der Waals surface area contributed by atoms with Gasteiger partial charge in [0, 0.05) is 38.7 Å². The molecule has 7 rings (SSSR count). The van der Waals surface area contributed by atoms with Gasteiger partial charge in [0.2, 0.25) is 0 Å². The molecule has 0 unspecified atom stereocenters. The minimum absolute atomic E-state index is 0.468. The number of nitrogens with zero attached hydrogens (tertiary/aromatic N) is 2. The van der Waals surface area contributed by atoms with E-state index in [2.05, 4.69) is 107 Å². The SMILES string of the molecule is Cc1ccc(C2=CC(c3ccc(C)cc3)=NC2=C(c2ccccc2)c2c3cc(C)c(C)cc3c(-c3c(C)cc(C)cc3C)n2B(F)F)cc1. The first-order valence-electron chi connectivity index (χ1n) is 16.8. The lowest BCUT2D eigenvalue weighted by molar-refractivity contribution is 0.630. The fourth-order valence-corrected chi connectivity index (χ4v) is 7.26. The molecule has 0 saturated carbocycles. The molecule has 1 aliphatic heterocycles. The molecule has 0 spiro atoms. The smallest absolute Gasteiger partial charge is 0.324 e. The largest absolute Gasteiger partial charge is 0.678 e. The maximum Gasteiger partial charge on any atom is 0.678 e. The summed E-state index contributed by atoms with van der Waals surface area (Å²) in [4.78, 5) is 5.34. The first-order valence-corrected chi connectivity index (χ1v) is 16.8. The molecule has 6 aromatic rings. The van der Waals surface area contributed by atoms with Crippen LogP contribution in [-0.4, -0.2) is 17.6 Å². The number of allylic oxidation sites excluding steroid dienone is 2. The second-order valence-electron chi connectivity index (χ2n) is 13.5. The van der Waals surface area contributed by atoms with Gasteiger partial charge in [-0.05, 0) is 100 Å². The van der Waals surface area contributed by atoms with Gasteiger partial charge < -0.3 is 4.48 Å². The van der Waals surface area contributed by atoms with Gasteiger partial charge in [0.05, 0.1) is 17.1 Å². The number of halogens is 2. The second-order valence-corrected chi connectivity index (χ2v) is 13.5. The lowest BCUT2D eigenvalue weighted by Gasteiger charge is -2.19. The van der Waals surface area contributed by atoms with Crippen molar-refractivity contribution in [3.63, 3.8) is 0 Å². The lowest BCUT2D eigenvalue weighted by atomic mass is 9.91. The van der Waals surface area contributed by atoms with E-state index in [1.165, 1.54) is 4.48 Å². The third kappa shape index (κ3) is 5.78. The van der Waals surface area contributed by atoms with E-state index in [1.54, 1.807) is 0 Å². The maximum atomic E-state index is 16.1. The van der Waals surface area contributed by atoms with E-state index in [9.17, 15) is 0 Å². The van der Waals surface area contributed by atoms with Gasteiger partial charge >= 0.3 is 7.40 Å². The maximum absolute atomic E-state index is 16.1. The molecule has 5 heteroatoms. The predicted octanol–water partition coefficient (Wildman–Crippen LogP) is 11.6. The lowest BCUT2D eigenvalue weighted by Crippen LogP contribution is -2.18. The quantitative estimate of drug-likeness (QED) is 0.161. The Morgan fingerprint density at radius 1 is 0.592 bits per heavy atom. The molecule has 0 bridgehead atoms. The zero-order valence-corrected chi connectivity index (χ0v) is 29.1. The van der Waals surface area contributed by atoms with Crippen LogP contribution in [0.3, 0.4) is 0 Å². The van der Waals surface area contributed by atoms with E-state index in [4.69, 9.17) is 4.99 Å². The summed E-state index contributed by atoms with van der Waals surface area (Å²) >= 11 is 0. The fraction of sp³-hybridized carbons (Fsp3) is 0.159. The molecule has 2 heterocycles. The van der Waals surface area contributed by atoms with E-state index in [0.717, 1.165) is 83.3 Å². The van der Waals surface area contributed by atoms with Crippen LogP contribution in [0.2, 0.25) is 0 Å². The van der Waals surface area contributed by atoms with Crippen molar-refractivity contribution in [2.75, 3.05) is 0 Å². The third-order valence-electron chi connectivity index (χ3n) is 9.75. The van der Waals surface area contributed by atoms with Gasteiger partial charge in [0.1, 0.15) is 0 Å². The molecule has 0 atom stereocenters. The number of aliphatic imine (C=N–C) groups is 1. The van der Waals surface area contributed by atoms with E-state index in [1.807, 2.05) is 51.1 Å². The number of fused-ring (bicyclic) bond motifs is 1. The Morgan fingerprint density at radius 3 is 1.71 bits per heavy atom. The van der Waals surface area contributed by atoms with Crippen molar-refractivity contribution in [1.29, 1.82) is 0 Å². The molecular formula is C44H39BF2N2. The van der Waals surface area contributed by atoms with Gasteiger partial charge in [-0.15, -0.1) is 0 Å². The first kappa shape index (κ1) is 32.3. The zero-order chi connectivity index (χ0) is 34.6.